The fraction of sp³-hybridized carbons (Fsp3) is 0.0500. The van der Waals surface area contributed by atoms with Crippen LogP contribution in [0.3, 0.4) is 0 Å². The molecule has 2 aliphatic rings. The third-order valence-electron chi connectivity index (χ3n) is 8.33. The van der Waals surface area contributed by atoms with Crippen LogP contribution in [-0.4, -0.2) is 22.8 Å². The van der Waals surface area contributed by atoms with Crippen LogP contribution in [0.1, 0.15) is 33.6 Å². The molecule has 46 heavy (non-hydrogen) atoms. The Balaban J connectivity index is 1.53. The number of hydrogen-bond donors (Lipinski definition) is 0. The zero-order valence-corrected chi connectivity index (χ0v) is 25.4. The third-order valence-corrected chi connectivity index (χ3v) is 8.66. The second-order valence-corrected chi connectivity index (χ2v) is 11.5. The highest BCUT2D eigenvalue weighted by Crippen LogP contribution is 2.55. The molecule has 0 N–H and O–H groups in total. The number of halogens is 1. The zero-order valence-electron chi connectivity index (χ0n) is 24.7. The van der Waals surface area contributed by atoms with Crippen LogP contribution in [0.5, 0.6) is 0 Å². The van der Waals surface area contributed by atoms with Crippen molar-refractivity contribution in [3.8, 4) is 0 Å². The number of rotatable bonds is 7. The first-order valence-electron chi connectivity index (χ1n) is 15.1. The van der Waals surface area contributed by atoms with Crippen molar-refractivity contribution in [2.45, 2.75) is 11.3 Å². The normalized spacial score (nSPS) is 16.4. The summed E-state index contributed by atoms with van der Waals surface area (Å²) in [4.78, 5) is 22.3. The van der Waals surface area contributed by atoms with Crippen molar-refractivity contribution in [2.24, 2.45) is 20.0 Å². The summed E-state index contributed by atoms with van der Waals surface area (Å²) >= 11 is 7.12. The summed E-state index contributed by atoms with van der Waals surface area (Å²) in [5.74, 6) is 0.501. The van der Waals surface area contributed by atoms with Gasteiger partial charge >= 0.3 is 0 Å². The number of aliphatic imine (C=N–C) groups is 4. The van der Waals surface area contributed by atoms with Crippen LogP contribution in [0.25, 0.3) is 0 Å². The van der Waals surface area contributed by atoms with Crippen molar-refractivity contribution < 1.29 is 4.42 Å². The first-order chi connectivity index (χ1) is 22.7. The Morgan fingerprint density at radius 2 is 0.761 bits per heavy atom. The molecule has 220 valence electrons. The molecule has 0 spiro atoms. The SMILES string of the molecule is Clc1ccccc1C1(C2(c3ccco3)N=C(c3ccccc3)C(c3ccccc3)=N2)N=C(c2ccccc2)C(c2ccccc2)=N1. The van der Waals surface area contributed by atoms with E-state index in [9.17, 15) is 0 Å². The van der Waals surface area contributed by atoms with Gasteiger partial charge in [0.2, 0.25) is 5.66 Å². The third kappa shape index (κ3) is 4.47. The second-order valence-electron chi connectivity index (χ2n) is 11.1. The first kappa shape index (κ1) is 27.9. The van der Waals surface area contributed by atoms with Gasteiger partial charge in [0.25, 0.3) is 5.66 Å². The van der Waals surface area contributed by atoms with Crippen molar-refractivity contribution in [3.63, 3.8) is 0 Å². The molecule has 0 atom stereocenters. The predicted molar refractivity (Wildman–Crippen MR) is 185 cm³/mol. The Hall–Kier alpha value is -5.65. The molecular weight excluding hydrogens is 588 g/mol. The van der Waals surface area contributed by atoms with Crippen molar-refractivity contribution >= 4 is 34.4 Å². The maximum atomic E-state index is 7.12. The Labute approximate surface area is 272 Å². The highest BCUT2D eigenvalue weighted by Gasteiger charge is 2.62. The van der Waals surface area contributed by atoms with Crippen LogP contribution in [0.2, 0.25) is 5.02 Å². The van der Waals surface area contributed by atoms with Gasteiger partial charge < -0.3 is 4.42 Å². The molecule has 8 rings (SSSR count). The highest BCUT2D eigenvalue weighted by atomic mass is 35.5. The van der Waals surface area contributed by atoms with Crippen LogP contribution in [0.15, 0.2) is 188 Å². The average molecular weight is 615 g/mol. The fourth-order valence-corrected chi connectivity index (χ4v) is 6.49. The average Bonchev–Trinajstić information content (AvgIpc) is 3.90. The summed E-state index contributed by atoms with van der Waals surface area (Å²) in [7, 11) is 0. The van der Waals surface area contributed by atoms with Gasteiger partial charge in [-0.1, -0.05) is 151 Å². The summed E-state index contributed by atoms with van der Waals surface area (Å²) in [6, 6.07) is 51.8. The monoisotopic (exact) mass is 614 g/mol. The van der Waals surface area contributed by atoms with E-state index in [-0.39, 0.29) is 0 Å². The molecular formula is C40H27ClN4O. The molecule has 6 heteroatoms. The minimum Gasteiger partial charge on any atom is -0.464 e. The lowest BCUT2D eigenvalue weighted by molar-refractivity contribution is 0.215. The largest absolute Gasteiger partial charge is 0.464 e. The van der Waals surface area contributed by atoms with Gasteiger partial charge in [-0.2, -0.15) is 0 Å². The number of furan rings is 1. The van der Waals surface area contributed by atoms with Crippen LogP contribution in [0.4, 0.5) is 0 Å². The van der Waals surface area contributed by atoms with E-state index in [0.717, 1.165) is 45.1 Å². The Morgan fingerprint density at radius 3 is 1.13 bits per heavy atom. The smallest absolute Gasteiger partial charge is 0.259 e. The minimum absolute atomic E-state index is 0.501. The summed E-state index contributed by atoms with van der Waals surface area (Å²) in [6.45, 7) is 0. The van der Waals surface area contributed by atoms with Gasteiger partial charge in [-0.05, 0) is 18.2 Å². The van der Waals surface area contributed by atoms with E-state index >= 15 is 0 Å². The minimum atomic E-state index is -1.49. The summed E-state index contributed by atoms with van der Waals surface area (Å²) < 4.78 is 6.27. The van der Waals surface area contributed by atoms with E-state index in [1.807, 2.05) is 158 Å². The Kier molecular flexibility index (Phi) is 6.89. The molecule has 0 aliphatic carbocycles. The maximum absolute atomic E-state index is 7.12. The molecule has 0 bridgehead atoms. The molecule has 0 unspecified atom stereocenters. The second kappa shape index (κ2) is 11.4. The molecule has 0 radical (unpaired) electrons. The molecule has 0 saturated carbocycles. The molecule has 0 fully saturated rings. The Bertz CT molecular complexity index is 2030. The number of benzene rings is 5. The van der Waals surface area contributed by atoms with E-state index in [4.69, 9.17) is 36.0 Å². The van der Waals surface area contributed by atoms with Crippen molar-refractivity contribution in [1.82, 2.24) is 0 Å². The van der Waals surface area contributed by atoms with Gasteiger partial charge in [0.05, 0.1) is 29.1 Å². The summed E-state index contributed by atoms with van der Waals surface area (Å²) in [6.07, 6.45) is 1.64. The summed E-state index contributed by atoms with van der Waals surface area (Å²) in [5, 5.41) is 0.502. The molecule has 1 aromatic heterocycles. The van der Waals surface area contributed by atoms with E-state index in [1.54, 1.807) is 6.26 Å². The quantitative estimate of drug-likeness (QED) is 0.177. The van der Waals surface area contributed by atoms with Crippen LogP contribution in [-0.2, 0) is 11.3 Å². The summed E-state index contributed by atoms with van der Waals surface area (Å²) in [5.41, 5.74) is 4.26. The van der Waals surface area contributed by atoms with Crippen molar-refractivity contribution in [2.75, 3.05) is 0 Å². The van der Waals surface area contributed by atoms with Gasteiger partial charge in [-0.15, -0.1) is 0 Å². The van der Waals surface area contributed by atoms with E-state index in [2.05, 4.69) is 0 Å². The zero-order chi connectivity index (χ0) is 31.0. The molecule has 3 heterocycles. The lowest BCUT2D eigenvalue weighted by Gasteiger charge is -2.36. The lowest BCUT2D eigenvalue weighted by Crippen LogP contribution is -2.43. The predicted octanol–water partition coefficient (Wildman–Crippen LogP) is 8.92. The topological polar surface area (TPSA) is 62.6 Å². The fourth-order valence-electron chi connectivity index (χ4n) is 6.22. The van der Waals surface area contributed by atoms with Gasteiger partial charge in [0.15, 0.2) is 5.76 Å². The Morgan fingerprint density at radius 1 is 0.391 bits per heavy atom. The van der Waals surface area contributed by atoms with Crippen molar-refractivity contribution in [1.29, 1.82) is 0 Å². The van der Waals surface area contributed by atoms with Crippen molar-refractivity contribution in [3.05, 3.63) is 203 Å². The molecule has 5 nitrogen and oxygen atoms in total. The highest BCUT2D eigenvalue weighted by molar-refractivity contribution is 6.56. The van der Waals surface area contributed by atoms with Crippen LogP contribution < -0.4 is 0 Å². The lowest BCUT2D eigenvalue weighted by atomic mass is 9.85. The maximum Gasteiger partial charge on any atom is 0.259 e. The molecule has 0 saturated heterocycles. The molecule has 6 aromatic rings. The van der Waals surface area contributed by atoms with Crippen LogP contribution >= 0.6 is 11.6 Å². The van der Waals surface area contributed by atoms with Gasteiger partial charge in [0, 0.05) is 32.8 Å². The standard InChI is InChI=1S/C40H27ClN4O/c41-33-25-14-13-24-32(33)39(42-35(28-16-5-1-6-17-28)36(43-39)29-18-7-2-8-19-29)40(34-26-15-27-46-34)44-37(30-20-9-3-10-21-30)38(45-40)31-22-11-4-12-23-31/h1-27H. The molecule has 5 aromatic carbocycles. The molecule has 2 aliphatic heterocycles. The molecule has 0 amide bonds. The number of nitrogens with zero attached hydrogens (tertiary/aromatic N) is 4. The van der Waals surface area contributed by atoms with Gasteiger partial charge in [-0.25, -0.2) is 20.0 Å². The van der Waals surface area contributed by atoms with Gasteiger partial charge in [-0.3, -0.25) is 0 Å². The first-order valence-corrected chi connectivity index (χ1v) is 15.5. The van der Waals surface area contributed by atoms with E-state index in [1.165, 1.54) is 0 Å². The van der Waals surface area contributed by atoms with Gasteiger partial charge in [0.1, 0.15) is 0 Å². The van der Waals surface area contributed by atoms with E-state index in [0.29, 0.717) is 16.3 Å². The van der Waals surface area contributed by atoms with E-state index < -0.39 is 11.3 Å². The van der Waals surface area contributed by atoms with Crippen LogP contribution in [0, 0.1) is 0 Å². The number of hydrogen-bond acceptors (Lipinski definition) is 5.